The van der Waals surface area contributed by atoms with Gasteiger partial charge in [0.05, 0.1) is 18.6 Å². The lowest BCUT2D eigenvalue weighted by Gasteiger charge is -2.41. The van der Waals surface area contributed by atoms with Crippen LogP contribution in [-0.4, -0.2) is 30.6 Å². The maximum absolute atomic E-state index is 12.1. The van der Waals surface area contributed by atoms with E-state index in [4.69, 9.17) is 4.74 Å². The monoisotopic (exact) mass is 291 g/mol. The van der Waals surface area contributed by atoms with E-state index in [0.29, 0.717) is 13.0 Å². The third-order valence-corrected chi connectivity index (χ3v) is 4.22. The highest BCUT2D eigenvalue weighted by atomic mass is 16.5. The predicted molar refractivity (Wildman–Crippen MR) is 87.4 cm³/mol. The molecule has 0 saturated carbocycles. The van der Waals surface area contributed by atoms with Crippen LogP contribution in [0.15, 0.2) is 18.2 Å². The maximum atomic E-state index is 12.1. The molecule has 0 spiro atoms. The zero-order chi connectivity index (χ0) is 16.0. The summed E-state index contributed by atoms with van der Waals surface area (Å²) in [6, 6.07) is 6.46. The van der Waals surface area contributed by atoms with Gasteiger partial charge in [0.2, 0.25) is 0 Å². The first kappa shape index (κ1) is 17.7. The van der Waals surface area contributed by atoms with Crippen molar-refractivity contribution in [1.29, 1.82) is 0 Å². The number of carbonyl (C=O) groups excluding carboxylic acids is 1. The summed E-state index contributed by atoms with van der Waals surface area (Å²) >= 11 is 0. The Kier molecular flexibility index (Phi) is 6.41. The average molecular weight is 291 g/mol. The van der Waals surface area contributed by atoms with E-state index in [1.165, 1.54) is 16.7 Å². The Morgan fingerprint density at radius 1 is 1.19 bits per heavy atom. The van der Waals surface area contributed by atoms with Crippen LogP contribution in [0.1, 0.15) is 50.8 Å². The van der Waals surface area contributed by atoms with E-state index in [0.717, 1.165) is 13.1 Å². The summed E-state index contributed by atoms with van der Waals surface area (Å²) in [4.78, 5) is 14.4. The van der Waals surface area contributed by atoms with Gasteiger partial charge in [-0.2, -0.15) is 0 Å². The Bertz CT molecular complexity index is 480. The molecule has 0 heterocycles. The lowest BCUT2D eigenvalue weighted by atomic mass is 9.83. The third kappa shape index (κ3) is 4.07. The molecule has 0 radical (unpaired) electrons. The summed E-state index contributed by atoms with van der Waals surface area (Å²) in [5.41, 5.74) is 3.36. The van der Waals surface area contributed by atoms with Gasteiger partial charge in [-0.25, -0.2) is 0 Å². The number of nitrogens with zero attached hydrogens (tertiary/aromatic N) is 1. The van der Waals surface area contributed by atoms with Crippen LogP contribution in [0.3, 0.4) is 0 Å². The zero-order valence-electron chi connectivity index (χ0n) is 14.3. The van der Waals surface area contributed by atoms with Gasteiger partial charge in [0.25, 0.3) is 0 Å². The number of hydrogen-bond donors (Lipinski definition) is 0. The Morgan fingerprint density at radius 3 is 2.29 bits per heavy atom. The molecule has 1 atom stereocenters. The van der Waals surface area contributed by atoms with Gasteiger partial charge in [0.15, 0.2) is 0 Å². The van der Waals surface area contributed by atoms with E-state index < -0.39 is 0 Å². The van der Waals surface area contributed by atoms with Crippen LogP contribution in [0.25, 0.3) is 0 Å². The Balaban J connectivity index is 3.26. The number of benzene rings is 1. The molecule has 0 aromatic heterocycles. The Morgan fingerprint density at radius 2 is 1.81 bits per heavy atom. The van der Waals surface area contributed by atoms with Crippen LogP contribution in [0.5, 0.6) is 0 Å². The van der Waals surface area contributed by atoms with E-state index in [9.17, 15) is 4.79 Å². The highest BCUT2D eigenvalue weighted by Gasteiger charge is 2.36. The summed E-state index contributed by atoms with van der Waals surface area (Å²) in [6.45, 7) is 14.7. The Labute approximate surface area is 129 Å². The second-order valence-electron chi connectivity index (χ2n) is 5.75. The van der Waals surface area contributed by atoms with Crippen molar-refractivity contribution in [3.05, 3.63) is 34.9 Å². The SMILES string of the molecule is CCOC(=O)CC(C)(c1ccc(C)cc1C)N(CC)CC. The topological polar surface area (TPSA) is 29.5 Å². The van der Waals surface area contributed by atoms with Gasteiger partial charge in [-0.05, 0) is 51.9 Å². The summed E-state index contributed by atoms with van der Waals surface area (Å²) in [6.07, 6.45) is 0.381. The third-order valence-electron chi connectivity index (χ3n) is 4.22. The van der Waals surface area contributed by atoms with Crippen molar-refractivity contribution in [1.82, 2.24) is 4.90 Å². The molecule has 0 aliphatic rings. The first-order chi connectivity index (χ1) is 9.88. The fraction of sp³-hybridized carbons (Fsp3) is 0.611. The minimum Gasteiger partial charge on any atom is -0.466 e. The second-order valence-corrected chi connectivity index (χ2v) is 5.75. The largest absolute Gasteiger partial charge is 0.466 e. The Hall–Kier alpha value is -1.35. The van der Waals surface area contributed by atoms with Crippen LogP contribution in [0, 0.1) is 13.8 Å². The second kappa shape index (κ2) is 7.60. The van der Waals surface area contributed by atoms with E-state index >= 15 is 0 Å². The predicted octanol–water partition coefficient (Wildman–Crippen LogP) is 3.81. The quantitative estimate of drug-likeness (QED) is 0.715. The summed E-state index contributed by atoms with van der Waals surface area (Å²) in [5.74, 6) is -0.133. The maximum Gasteiger partial charge on any atom is 0.307 e. The van der Waals surface area contributed by atoms with E-state index in [1.807, 2.05) is 6.92 Å². The molecule has 0 N–H and O–H groups in total. The number of carbonyl (C=O) groups is 1. The lowest BCUT2D eigenvalue weighted by molar-refractivity contribution is -0.146. The van der Waals surface area contributed by atoms with Gasteiger partial charge in [-0.3, -0.25) is 9.69 Å². The fourth-order valence-electron chi connectivity index (χ4n) is 3.21. The van der Waals surface area contributed by atoms with Crippen molar-refractivity contribution in [3.8, 4) is 0 Å². The van der Waals surface area contributed by atoms with Crippen molar-refractivity contribution in [3.63, 3.8) is 0 Å². The molecule has 0 saturated heterocycles. The molecule has 1 aromatic carbocycles. The van der Waals surface area contributed by atoms with Gasteiger partial charge in [-0.15, -0.1) is 0 Å². The molecule has 118 valence electrons. The standard InChI is InChI=1S/C18H29NO2/c1-7-19(8-2)18(6,13-17(20)21-9-3)16-11-10-14(4)12-15(16)5/h10-12H,7-9,13H2,1-6H3. The van der Waals surface area contributed by atoms with Crippen LogP contribution in [0.2, 0.25) is 0 Å². The van der Waals surface area contributed by atoms with E-state index in [1.54, 1.807) is 0 Å². The van der Waals surface area contributed by atoms with Gasteiger partial charge in [-0.1, -0.05) is 37.6 Å². The first-order valence-electron chi connectivity index (χ1n) is 7.87. The molecular formula is C18H29NO2. The molecule has 0 fully saturated rings. The number of ether oxygens (including phenoxy) is 1. The normalized spacial score (nSPS) is 14.0. The van der Waals surface area contributed by atoms with Gasteiger partial charge in [0.1, 0.15) is 0 Å². The van der Waals surface area contributed by atoms with E-state index in [2.05, 4.69) is 57.7 Å². The molecular weight excluding hydrogens is 262 g/mol. The summed E-state index contributed by atoms with van der Waals surface area (Å²) in [7, 11) is 0. The number of hydrogen-bond acceptors (Lipinski definition) is 3. The molecule has 21 heavy (non-hydrogen) atoms. The molecule has 0 amide bonds. The fourth-order valence-corrected chi connectivity index (χ4v) is 3.21. The molecule has 1 unspecified atom stereocenters. The molecule has 1 aromatic rings. The molecule has 0 aliphatic carbocycles. The van der Waals surface area contributed by atoms with Gasteiger partial charge < -0.3 is 4.74 Å². The lowest BCUT2D eigenvalue weighted by Crippen LogP contribution is -2.46. The average Bonchev–Trinajstić information content (AvgIpc) is 2.39. The highest BCUT2D eigenvalue weighted by Crippen LogP contribution is 2.34. The molecule has 0 aliphatic heterocycles. The van der Waals surface area contributed by atoms with Crippen LogP contribution in [0.4, 0.5) is 0 Å². The number of esters is 1. The van der Waals surface area contributed by atoms with Gasteiger partial charge >= 0.3 is 5.97 Å². The summed E-state index contributed by atoms with van der Waals surface area (Å²) in [5, 5.41) is 0. The van der Waals surface area contributed by atoms with E-state index in [-0.39, 0.29) is 11.5 Å². The molecule has 1 rings (SSSR count). The molecule has 3 nitrogen and oxygen atoms in total. The van der Waals surface area contributed by atoms with Crippen molar-refractivity contribution in [2.75, 3.05) is 19.7 Å². The van der Waals surface area contributed by atoms with Crippen molar-refractivity contribution in [2.24, 2.45) is 0 Å². The molecule has 0 bridgehead atoms. The smallest absolute Gasteiger partial charge is 0.307 e. The number of aryl methyl sites for hydroxylation is 2. The van der Waals surface area contributed by atoms with Crippen molar-refractivity contribution >= 4 is 5.97 Å². The van der Waals surface area contributed by atoms with Gasteiger partial charge in [0, 0.05) is 0 Å². The zero-order valence-corrected chi connectivity index (χ0v) is 14.3. The minimum absolute atomic E-state index is 0.133. The van der Waals surface area contributed by atoms with Crippen molar-refractivity contribution in [2.45, 2.75) is 53.5 Å². The first-order valence-corrected chi connectivity index (χ1v) is 7.87. The van der Waals surface area contributed by atoms with Crippen LogP contribution >= 0.6 is 0 Å². The van der Waals surface area contributed by atoms with Crippen LogP contribution < -0.4 is 0 Å². The minimum atomic E-state index is -0.326. The van der Waals surface area contributed by atoms with Crippen LogP contribution in [-0.2, 0) is 15.1 Å². The summed E-state index contributed by atoms with van der Waals surface area (Å²) < 4.78 is 5.20. The number of rotatable bonds is 7. The molecule has 3 heteroatoms. The van der Waals surface area contributed by atoms with Crippen molar-refractivity contribution < 1.29 is 9.53 Å². The highest BCUT2D eigenvalue weighted by molar-refractivity contribution is 5.71.